The van der Waals surface area contributed by atoms with Gasteiger partial charge in [-0.1, -0.05) is 24.3 Å². The van der Waals surface area contributed by atoms with Crippen LogP contribution in [-0.2, 0) is 0 Å². The fourth-order valence-electron chi connectivity index (χ4n) is 1.73. The molecule has 0 aliphatic carbocycles. The van der Waals surface area contributed by atoms with Gasteiger partial charge in [-0.3, -0.25) is 9.97 Å². The van der Waals surface area contributed by atoms with Crippen molar-refractivity contribution in [2.75, 3.05) is 0 Å². The molecule has 3 nitrogen and oxygen atoms in total. The van der Waals surface area contributed by atoms with Crippen molar-refractivity contribution in [2.24, 2.45) is 0 Å². The SMILES string of the molecule is C(=C\c1ccoc1)/c1ccc(-c2ccccn2)nc1. The van der Waals surface area contributed by atoms with Crippen LogP contribution in [-0.4, -0.2) is 9.97 Å². The molecule has 0 atom stereocenters. The van der Waals surface area contributed by atoms with Crippen LogP contribution >= 0.6 is 0 Å². The average molecular weight is 248 g/mol. The molecule has 0 radical (unpaired) electrons. The first kappa shape index (κ1) is 11.4. The Bertz CT molecular complexity index is 656. The van der Waals surface area contributed by atoms with E-state index in [4.69, 9.17) is 4.42 Å². The van der Waals surface area contributed by atoms with E-state index in [9.17, 15) is 0 Å². The van der Waals surface area contributed by atoms with Gasteiger partial charge in [0.25, 0.3) is 0 Å². The summed E-state index contributed by atoms with van der Waals surface area (Å²) in [6.07, 6.45) is 10.9. The van der Waals surface area contributed by atoms with Crippen LogP contribution in [0.4, 0.5) is 0 Å². The zero-order valence-electron chi connectivity index (χ0n) is 10.2. The number of hydrogen-bond donors (Lipinski definition) is 0. The van der Waals surface area contributed by atoms with E-state index in [1.54, 1.807) is 18.7 Å². The van der Waals surface area contributed by atoms with Gasteiger partial charge in [0.2, 0.25) is 0 Å². The Morgan fingerprint density at radius 1 is 0.842 bits per heavy atom. The van der Waals surface area contributed by atoms with Crippen molar-refractivity contribution in [1.82, 2.24) is 9.97 Å². The van der Waals surface area contributed by atoms with E-state index in [1.165, 1.54) is 0 Å². The summed E-state index contributed by atoms with van der Waals surface area (Å²) in [5, 5.41) is 0. The minimum Gasteiger partial charge on any atom is -0.472 e. The maximum absolute atomic E-state index is 5.00. The van der Waals surface area contributed by atoms with E-state index in [0.29, 0.717) is 0 Å². The Kier molecular flexibility index (Phi) is 3.19. The zero-order chi connectivity index (χ0) is 12.9. The van der Waals surface area contributed by atoms with Gasteiger partial charge in [0, 0.05) is 18.0 Å². The zero-order valence-corrected chi connectivity index (χ0v) is 10.2. The van der Waals surface area contributed by atoms with E-state index >= 15 is 0 Å². The molecule has 0 unspecified atom stereocenters. The van der Waals surface area contributed by atoms with Crippen molar-refractivity contribution < 1.29 is 4.42 Å². The summed E-state index contributed by atoms with van der Waals surface area (Å²) in [5.74, 6) is 0. The van der Waals surface area contributed by atoms with Crippen LogP contribution in [0.1, 0.15) is 11.1 Å². The Balaban J connectivity index is 1.80. The average Bonchev–Trinajstić information content (AvgIpc) is 3.00. The quantitative estimate of drug-likeness (QED) is 0.705. The molecular formula is C16H12N2O. The van der Waals surface area contributed by atoms with E-state index in [2.05, 4.69) is 9.97 Å². The van der Waals surface area contributed by atoms with Crippen LogP contribution < -0.4 is 0 Å². The molecule has 0 N–H and O–H groups in total. The molecular weight excluding hydrogens is 236 g/mol. The lowest BCUT2D eigenvalue weighted by molar-refractivity contribution is 0.567. The van der Waals surface area contributed by atoms with Crippen LogP contribution in [0.5, 0.6) is 0 Å². The van der Waals surface area contributed by atoms with Crippen molar-refractivity contribution >= 4 is 12.2 Å². The van der Waals surface area contributed by atoms with Crippen molar-refractivity contribution in [1.29, 1.82) is 0 Å². The molecule has 0 aliphatic rings. The first-order valence-corrected chi connectivity index (χ1v) is 5.99. The fourth-order valence-corrected chi connectivity index (χ4v) is 1.73. The number of pyridine rings is 2. The maximum Gasteiger partial charge on any atom is 0.0974 e. The van der Waals surface area contributed by atoms with Crippen LogP contribution in [0.25, 0.3) is 23.5 Å². The summed E-state index contributed by atoms with van der Waals surface area (Å²) in [6, 6.07) is 11.7. The lowest BCUT2D eigenvalue weighted by atomic mass is 10.2. The third-order valence-corrected chi connectivity index (χ3v) is 2.73. The number of aromatic nitrogens is 2. The summed E-state index contributed by atoms with van der Waals surface area (Å²) in [4.78, 5) is 8.68. The standard InChI is InChI=1S/C16H12N2O/c1-2-9-17-15(3-1)16-7-6-13(11-18-16)4-5-14-8-10-19-12-14/h1-12H/b5-4+. The Morgan fingerprint density at radius 3 is 2.42 bits per heavy atom. The van der Waals surface area contributed by atoms with E-state index in [0.717, 1.165) is 22.5 Å². The molecule has 0 fully saturated rings. The van der Waals surface area contributed by atoms with Crippen molar-refractivity contribution in [3.63, 3.8) is 0 Å². The van der Waals surface area contributed by atoms with Crippen LogP contribution in [0.2, 0.25) is 0 Å². The second-order valence-corrected chi connectivity index (χ2v) is 4.08. The van der Waals surface area contributed by atoms with Crippen LogP contribution in [0, 0.1) is 0 Å². The second kappa shape index (κ2) is 5.31. The molecule has 0 saturated heterocycles. The van der Waals surface area contributed by atoms with Crippen LogP contribution in [0.3, 0.4) is 0 Å². The molecule has 0 bridgehead atoms. The van der Waals surface area contributed by atoms with Gasteiger partial charge in [0.15, 0.2) is 0 Å². The highest BCUT2D eigenvalue weighted by molar-refractivity contribution is 5.69. The monoisotopic (exact) mass is 248 g/mol. The highest BCUT2D eigenvalue weighted by Gasteiger charge is 1.98. The number of nitrogens with zero attached hydrogens (tertiary/aromatic N) is 2. The topological polar surface area (TPSA) is 38.9 Å². The third-order valence-electron chi connectivity index (χ3n) is 2.73. The highest BCUT2D eigenvalue weighted by Crippen LogP contribution is 2.15. The van der Waals surface area contributed by atoms with Crippen molar-refractivity contribution in [2.45, 2.75) is 0 Å². The van der Waals surface area contributed by atoms with Gasteiger partial charge in [0.1, 0.15) is 0 Å². The molecule has 0 aliphatic heterocycles. The van der Waals surface area contributed by atoms with Gasteiger partial charge in [-0.25, -0.2) is 0 Å². The van der Waals surface area contributed by atoms with Gasteiger partial charge < -0.3 is 4.42 Å². The lowest BCUT2D eigenvalue weighted by Gasteiger charge is -1.99. The summed E-state index contributed by atoms with van der Waals surface area (Å²) in [7, 11) is 0. The molecule has 0 amide bonds. The first-order chi connectivity index (χ1) is 9.42. The predicted octanol–water partition coefficient (Wildman–Crippen LogP) is 3.91. The van der Waals surface area contributed by atoms with Gasteiger partial charge in [-0.05, 0) is 29.8 Å². The molecule has 3 rings (SSSR count). The normalized spacial score (nSPS) is 10.9. The highest BCUT2D eigenvalue weighted by atomic mass is 16.3. The van der Waals surface area contributed by atoms with E-state index in [-0.39, 0.29) is 0 Å². The van der Waals surface area contributed by atoms with Gasteiger partial charge in [-0.2, -0.15) is 0 Å². The molecule has 3 aromatic heterocycles. The molecule has 0 aromatic carbocycles. The second-order valence-electron chi connectivity index (χ2n) is 4.08. The minimum absolute atomic E-state index is 0.876. The molecule has 3 aromatic rings. The van der Waals surface area contributed by atoms with Crippen LogP contribution in [0.15, 0.2) is 65.7 Å². The van der Waals surface area contributed by atoms with Crippen molar-refractivity contribution in [3.05, 3.63) is 72.4 Å². The van der Waals surface area contributed by atoms with Gasteiger partial charge in [-0.15, -0.1) is 0 Å². The molecule has 19 heavy (non-hydrogen) atoms. The summed E-state index contributed by atoms with van der Waals surface area (Å²) in [5.41, 5.74) is 3.84. The number of rotatable bonds is 3. The van der Waals surface area contributed by atoms with Crippen molar-refractivity contribution in [3.8, 4) is 11.4 Å². The summed E-state index contributed by atoms with van der Waals surface area (Å²) in [6.45, 7) is 0. The molecule has 3 heterocycles. The Labute approximate surface area is 111 Å². The third kappa shape index (κ3) is 2.77. The summed E-state index contributed by atoms with van der Waals surface area (Å²) < 4.78 is 5.00. The number of furan rings is 1. The van der Waals surface area contributed by atoms with Gasteiger partial charge >= 0.3 is 0 Å². The smallest absolute Gasteiger partial charge is 0.0974 e. The molecule has 0 spiro atoms. The maximum atomic E-state index is 5.00. The first-order valence-electron chi connectivity index (χ1n) is 5.99. The molecule has 92 valence electrons. The predicted molar refractivity (Wildman–Crippen MR) is 75.1 cm³/mol. The summed E-state index contributed by atoms with van der Waals surface area (Å²) >= 11 is 0. The largest absolute Gasteiger partial charge is 0.472 e. The van der Waals surface area contributed by atoms with E-state index < -0.39 is 0 Å². The minimum atomic E-state index is 0.876. The van der Waals surface area contributed by atoms with Gasteiger partial charge in [0.05, 0.1) is 23.9 Å². The fraction of sp³-hybridized carbons (Fsp3) is 0. The Hall–Kier alpha value is -2.68. The van der Waals surface area contributed by atoms with E-state index in [1.807, 2.05) is 54.7 Å². The Morgan fingerprint density at radius 2 is 1.74 bits per heavy atom. The number of hydrogen-bond acceptors (Lipinski definition) is 3. The molecule has 0 saturated carbocycles. The lowest BCUT2D eigenvalue weighted by Crippen LogP contribution is -1.86. The molecule has 3 heteroatoms.